The van der Waals surface area contributed by atoms with Crippen LogP contribution in [0.2, 0.25) is 0 Å². The first-order valence-corrected chi connectivity index (χ1v) is 7.86. The van der Waals surface area contributed by atoms with E-state index in [1.807, 2.05) is 0 Å². The second kappa shape index (κ2) is 9.77. The van der Waals surface area contributed by atoms with Crippen LogP contribution in [0.15, 0.2) is 4.99 Å². The molecule has 19 heavy (non-hydrogen) atoms. The summed E-state index contributed by atoms with van der Waals surface area (Å²) in [5.41, 5.74) is 10.3. The normalized spacial score (nSPS) is 11.1. The van der Waals surface area contributed by atoms with E-state index >= 15 is 0 Å². The summed E-state index contributed by atoms with van der Waals surface area (Å²) >= 11 is 0. The van der Waals surface area contributed by atoms with Crippen molar-refractivity contribution < 1.29 is 18.4 Å². The molecule has 0 aliphatic heterocycles. The minimum atomic E-state index is -3.23. The summed E-state index contributed by atoms with van der Waals surface area (Å²) in [6.07, 6.45) is 0.627. The van der Waals surface area contributed by atoms with E-state index in [-0.39, 0.29) is 37.8 Å². The molecule has 0 rings (SSSR count). The van der Waals surface area contributed by atoms with Gasteiger partial charge in [-0.05, 0) is 20.3 Å². The maximum atomic E-state index is 12.0. The van der Waals surface area contributed by atoms with Gasteiger partial charge in [0.15, 0.2) is 5.96 Å². The standard InChI is InChI=1S/C10H23N4O4P/c1-3-17-19(16,18-4-2)8-14-9(15)6-5-7-13-10(11)12/h3-8H2,1-2H3,(H,14,15)(H4,11,12,13). The molecule has 0 bridgehead atoms. The van der Waals surface area contributed by atoms with Gasteiger partial charge in [-0.1, -0.05) is 0 Å². The second-order valence-electron chi connectivity index (χ2n) is 3.61. The Morgan fingerprint density at radius 3 is 2.32 bits per heavy atom. The molecule has 8 nitrogen and oxygen atoms in total. The van der Waals surface area contributed by atoms with Crippen LogP contribution in [0.1, 0.15) is 26.7 Å². The molecule has 0 radical (unpaired) electrons. The van der Waals surface area contributed by atoms with Crippen LogP contribution in [0.4, 0.5) is 0 Å². The first-order chi connectivity index (χ1) is 8.93. The van der Waals surface area contributed by atoms with E-state index in [4.69, 9.17) is 20.5 Å². The van der Waals surface area contributed by atoms with E-state index in [2.05, 4.69) is 10.3 Å². The highest BCUT2D eigenvalue weighted by Gasteiger charge is 2.23. The molecule has 0 spiro atoms. The molecule has 1 amide bonds. The number of nitrogens with one attached hydrogen (secondary N) is 1. The van der Waals surface area contributed by atoms with Crippen molar-refractivity contribution in [3.05, 3.63) is 0 Å². The topological polar surface area (TPSA) is 129 Å². The predicted molar refractivity (Wildman–Crippen MR) is 73.8 cm³/mol. The lowest BCUT2D eigenvalue weighted by Crippen LogP contribution is -2.26. The fourth-order valence-corrected chi connectivity index (χ4v) is 2.66. The van der Waals surface area contributed by atoms with Gasteiger partial charge in [-0.15, -0.1) is 0 Å². The Bertz CT molecular complexity index is 334. The molecular formula is C10H23N4O4P. The third-order valence-corrected chi connectivity index (χ3v) is 3.83. The Morgan fingerprint density at radius 1 is 1.26 bits per heavy atom. The molecule has 0 saturated carbocycles. The second-order valence-corrected chi connectivity index (χ2v) is 5.67. The van der Waals surface area contributed by atoms with Gasteiger partial charge < -0.3 is 25.8 Å². The van der Waals surface area contributed by atoms with E-state index in [0.29, 0.717) is 13.0 Å². The van der Waals surface area contributed by atoms with E-state index < -0.39 is 7.60 Å². The molecular weight excluding hydrogens is 271 g/mol. The van der Waals surface area contributed by atoms with Crippen molar-refractivity contribution in [1.82, 2.24) is 5.32 Å². The number of guanidine groups is 1. The molecule has 0 aromatic carbocycles. The summed E-state index contributed by atoms with van der Waals surface area (Å²) in [4.78, 5) is 15.2. The van der Waals surface area contributed by atoms with Crippen LogP contribution >= 0.6 is 7.60 Å². The number of hydrogen-bond donors (Lipinski definition) is 3. The van der Waals surface area contributed by atoms with Gasteiger partial charge in [0.1, 0.15) is 6.29 Å². The largest absolute Gasteiger partial charge is 0.370 e. The van der Waals surface area contributed by atoms with E-state index in [9.17, 15) is 9.36 Å². The molecule has 0 fully saturated rings. The summed E-state index contributed by atoms with van der Waals surface area (Å²) in [5.74, 6) is -0.247. The van der Waals surface area contributed by atoms with Crippen molar-refractivity contribution in [2.75, 3.05) is 26.0 Å². The number of carbonyl (C=O) groups is 1. The molecule has 0 atom stereocenters. The van der Waals surface area contributed by atoms with Crippen LogP contribution in [-0.4, -0.2) is 37.9 Å². The Balaban J connectivity index is 3.98. The maximum absolute atomic E-state index is 12.0. The predicted octanol–water partition coefficient (Wildman–Crippen LogP) is 0.380. The molecule has 0 saturated heterocycles. The number of carbonyl (C=O) groups excluding carboxylic acids is 1. The van der Waals surface area contributed by atoms with Crippen molar-refractivity contribution in [2.24, 2.45) is 16.5 Å². The van der Waals surface area contributed by atoms with Crippen molar-refractivity contribution >= 4 is 19.5 Å². The first kappa shape index (κ1) is 17.9. The Morgan fingerprint density at radius 2 is 1.84 bits per heavy atom. The lowest BCUT2D eigenvalue weighted by Gasteiger charge is -2.17. The zero-order valence-electron chi connectivity index (χ0n) is 11.4. The van der Waals surface area contributed by atoms with Gasteiger partial charge in [0.25, 0.3) is 0 Å². The lowest BCUT2D eigenvalue weighted by molar-refractivity contribution is -0.120. The number of nitrogens with two attached hydrogens (primary N) is 2. The molecule has 5 N–H and O–H groups in total. The third kappa shape index (κ3) is 9.47. The molecule has 0 aliphatic carbocycles. The smallest absolute Gasteiger partial charge is 0.349 e. The van der Waals surface area contributed by atoms with Crippen LogP contribution < -0.4 is 16.8 Å². The van der Waals surface area contributed by atoms with E-state index in [0.717, 1.165) is 0 Å². The quantitative estimate of drug-likeness (QED) is 0.231. The first-order valence-electron chi connectivity index (χ1n) is 6.13. The molecule has 0 aliphatic rings. The molecule has 0 unspecified atom stereocenters. The minimum Gasteiger partial charge on any atom is -0.370 e. The number of nitrogens with zero attached hydrogens (tertiary/aromatic N) is 1. The van der Waals surface area contributed by atoms with Gasteiger partial charge in [0, 0.05) is 13.0 Å². The Hall–Kier alpha value is -1.11. The monoisotopic (exact) mass is 294 g/mol. The zero-order valence-corrected chi connectivity index (χ0v) is 12.3. The average Bonchev–Trinajstić information content (AvgIpc) is 2.33. The molecule has 0 heterocycles. The Kier molecular flexibility index (Phi) is 9.20. The van der Waals surface area contributed by atoms with Crippen molar-refractivity contribution in [3.63, 3.8) is 0 Å². The van der Waals surface area contributed by atoms with Gasteiger partial charge in [0.05, 0.1) is 13.2 Å². The summed E-state index contributed by atoms with van der Waals surface area (Å²) in [6, 6.07) is 0. The highest BCUT2D eigenvalue weighted by atomic mass is 31.2. The zero-order chi connectivity index (χ0) is 14.7. The summed E-state index contributed by atoms with van der Waals surface area (Å²) in [6.45, 7) is 4.32. The summed E-state index contributed by atoms with van der Waals surface area (Å²) in [5, 5.41) is 2.52. The van der Waals surface area contributed by atoms with Crippen LogP contribution in [0.3, 0.4) is 0 Å². The highest BCUT2D eigenvalue weighted by molar-refractivity contribution is 7.53. The SMILES string of the molecule is CCOP(=O)(CNC(=O)CCCN=C(N)N)OCC. The highest BCUT2D eigenvalue weighted by Crippen LogP contribution is 2.46. The number of hydrogen-bond acceptors (Lipinski definition) is 5. The van der Waals surface area contributed by atoms with Gasteiger partial charge in [-0.3, -0.25) is 14.4 Å². The van der Waals surface area contributed by atoms with Crippen LogP contribution in [0.5, 0.6) is 0 Å². The van der Waals surface area contributed by atoms with Crippen molar-refractivity contribution in [2.45, 2.75) is 26.7 Å². The molecule has 9 heteroatoms. The lowest BCUT2D eigenvalue weighted by atomic mass is 10.3. The van der Waals surface area contributed by atoms with Gasteiger partial charge >= 0.3 is 7.60 Å². The maximum Gasteiger partial charge on any atom is 0.349 e. The number of rotatable bonds is 10. The van der Waals surface area contributed by atoms with E-state index in [1.165, 1.54) is 0 Å². The fourth-order valence-electron chi connectivity index (χ4n) is 1.24. The van der Waals surface area contributed by atoms with Gasteiger partial charge in [-0.25, -0.2) is 0 Å². The van der Waals surface area contributed by atoms with Crippen molar-refractivity contribution in [3.8, 4) is 0 Å². The summed E-state index contributed by atoms with van der Waals surface area (Å²) < 4.78 is 22.1. The fraction of sp³-hybridized carbons (Fsp3) is 0.800. The molecule has 112 valence electrons. The van der Waals surface area contributed by atoms with Crippen LogP contribution in [0.25, 0.3) is 0 Å². The van der Waals surface area contributed by atoms with Crippen LogP contribution in [-0.2, 0) is 18.4 Å². The third-order valence-electron chi connectivity index (χ3n) is 1.98. The molecule has 0 aromatic rings. The number of aliphatic imine (C=N–C) groups is 1. The van der Waals surface area contributed by atoms with Gasteiger partial charge in [-0.2, -0.15) is 0 Å². The van der Waals surface area contributed by atoms with Gasteiger partial charge in [0.2, 0.25) is 5.91 Å². The van der Waals surface area contributed by atoms with Crippen LogP contribution in [0, 0.1) is 0 Å². The average molecular weight is 294 g/mol. The minimum absolute atomic E-state index is 0.00222. The van der Waals surface area contributed by atoms with E-state index in [1.54, 1.807) is 13.8 Å². The molecule has 0 aromatic heterocycles. The Labute approximate surface area is 113 Å². The van der Waals surface area contributed by atoms with Crippen molar-refractivity contribution in [1.29, 1.82) is 0 Å². The number of amides is 1. The summed E-state index contributed by atoms with van der Waals surface area (Å²) in [7, 11) is -3.23.